The quantitative estimate of drug-likeness (QED) is 0.815. The number of hydrogen-bond donors (Lipinski definition) is 2. The van der Waals surface area contributed by atoms with Crippen LogP contribution in [0, 0.1) is 13.8 Å². The highest BCUT2D eigenvalue weighted by Gasteiger charge is 2.17. The van der Waals surface area contributed by atoms with Crippen molar-refractivity contribution in [1.29, 1.82) is 0 Å². The molecular formula is C14H16N2O2. The van der Waals surface area contributed by atoms with Crippen molar-refractivity contribution in [2.75, 3.05) is 0 Å². The molecule has 0 unspecified atom stereocenters. The molecule has 0 aliphatic carbocycles. The van der Waals surface area contributed by atoms with Gasteiger partial charge in [-0.2, -0.15) is 5.10 Å². The maximum Gasteiger partial charge on any atom is 0.177 e. The number of hydrogen-bond acceptors (Lipinski definition) is 3. The Hall–Kier alpha value is -1.94. The first-order valence-electron chi connectivity index (χ1n) is 5.80. The molecule has 18 heavy (non-hydrogen) atoms. The smallest absolute Gasteiger partial charge is 0.177 e. The summed E-state index contributed by atoms with van der Waals surface area (Å²) in [6, 6.07) is 6.05. The Morgan fingerprint density at radius 3 is 2.39 bits per heavy atom. The third kappa shape index (κ3) is 2.19. The fraction of sp³-hybridized carbons (Fsp3) is 0.286. The lowest BCUT2D eigenvalue weighted by atomic mass is 10.0. The van der Waals surface area contributed by atoms with Crippen LogP contribution in [-0.4, -0.2) is 21.1 Å². The minimum atomic E-state index is -0.201. The van der Waals surface area contributed by atoms with Gasteiger partial charge < -0.3 is 5.11 Å². The number of aliphatic hydroxyl groups is 1. The average molecular weight is 244 g/mol. The molecule has 0 atom stereocenters. The summed E-state index contributed by atoms with van der Waals surface area (Å²) in [5, 5.41) is 16.3. The highest BCUT2D eigenvalue weighted by molar-refractivity contribution is 5.95. The van der Waals surface area contributed by atoms with E-state index in [1.807, 2.05) is 26.0 Å². The molecule has 0 bridgehead atoms. The number of ketones is 1. The van der Waals surface area contributed by atoms with Gasteiger partial charge in [0, 0.05) is 18.1 Å². The Bertz CT molecular complexity index is 580. The van der Waals surface area contributed by atoms with Gasteiger partial charge in [0.1, 0.15) is 5.69 Å². The molecule has 0 saturated carbocycles. The van der Waals surface area contributed by atoms with Crippen molar-refractivity contribution in [3.63, 3.8) is 0 Å². The number of aryl methyl sites for hydroxylation is 2. The van der Waals surface area contributed by atoms with Gasteiger partial charge in [-0.1, -0.05) is 17.2 Å². The van der Waals surface area contributed by atoms with E-state index in [4.69, 9.17) is 0 Å². The first kappa shape index (κ1) is 12.5. The van der Waals surface area contributed by atoms with Crippen LogP contribution in [-0.2, 0) is 6.61 Å². The van der Waals surface area contributed by atoms with Gasteiger partial charge in [0.2, 0.25) is 0 Å². The standard InChI is InChI=1S/C14H16N2O2/c1-8-4-9(2)6-11(5-8)14-12(7-17)13(10(3)18)15-16-14/h4-6,17H,7H2,1-3H3,(H,15,16). The van der Waals surface area contributed by atoms with Crippen LogP contribution in [0.3, 0.4) is 0 Å². The Balaban J connectivity index is 2.60. The fourth-order valence-corrected chi connectivity index (χ4v) is 2.16. The Morgan fingerprint density at radius 2 is 1.89 bits per heavy atom. The molecule has 1 aromatic heterocycles. The molecule has 2 aromatic rings. The van der Waals surface area contributed by atoms with Crippen molar-refractivity contribution < 1.29 is 9.90 Å². The zero-order chi connectivity index (χ0) is 13.3. The van der Waals surface area contributed by atoms with Gasteiger partial charge in [-0.05, 0) is 26.0 Å². The van der Waals surface area contributed by atoms with Crippen molar-refractivity contribution in [3.05, 3.63) is 40.6 Å². The molecule has 4 heteroatoms. The van der Waals surface area contributed by atoms with Crippen LogP contribution in [0.25, 0.3) is 11.3 Å². The number of nitrogens with one attached hydrogen (secondary N) is 1. The summed E-state index contributed by atoms with van der Waals surface area (Å²) in [6.45, 7) is 5.27. The number of carbonyl (C=O) groups excluding carboxylic acids is 1. The van der Waals surface area contributed by atoms with E-state index in [2.05, 4.69) is 16.3 Å². The molecule has 0 saturated heterocycles. The van der Waals surface area contributed by atoms with Gasteiger partial charge in [-0.3, -0.25) is 9.89 Å². The van der Waals surface area contributed by atoms with Gasteiger partial charge in [-0.25, -0.2) is 0 Å². The molecule has 0 spiro atoms. The zero-order valence-electron chi connectivity index (χ0n) is 10.7. The van der Waals surface area contributed by atoms with E-state index in [-0.39, 0.29) is 12.4 Å². The minimum absolute atomic E-state index is 0.123. The summed E-state index contributed by atoms with van der Waals surface area (Å²) in [5.74, 6) is -0.123. The van der Waals surface area contributed by atoms with Crippen molar-refractivity contribution in [3.8, 4) is 11.3 Å². The van der Waals surface area contributed by atoms with Crippen LogP contribution >= 0.6 is 0 Å². The molecule has 0 radical (unpaired) electrons. The molecule has 0 aliphatic heterocycles. The number of aliphatic hydroxyl groups excluding tert-OH is 1. The molecule has 4 nitrogen and oxygen atoms in total. The van der Waals surface area contributed by atoms with E-state index in [0.717, 1.165) is 16.7 Å². The normalized spacial score (nSPS) is 10.7. The highest BCUT2D eigenvalue weighted by atomic mass is 16.3. The van der Waals surface area contributed by atoms with Crippen LogP contribution in [0.5, 0.6) is 0 Å². The third-order valence-electron chi connectivity index (χ3n) is 2.87. The minimum Gasteiger partial charge on any atom is -0.392 e. The number of rotatable bonds is 3. The number of aromatic nitrogens is 2. The van der Waals surface area contributed by atoms with Gasteiger partial charge in [0.05, 0.1) is 12.3 Å². The lowest BCUT2D eigenvalue weighted by molar-refractivity contribution is 0.101. The second-order valence-corrected chi connectivity index (χ2v) is 4.52. The van der Waals surface area contributed by atoms with E-state index < -0.39 is 0 Å². The first-order chi connectivity index (χ1) is 8.52. The topological polar surface area (TPSA) is 66.0 Å². The number of nitrogens with zero attached hydrogens (tertiary/aromatic N) is 1. The molecule has 0 aliphatic rings. The maximum absolute atomic E-state index is 11.4. The van der Waals surface area contributed by atoms with Crippen molar-refractivity contribution in [2.45, 2.75) is 27.4 Å². The summed E-state index contributed by atoms with van der Waals surface area (Å²) in [4.78, 5) is 11.4. The molecular weight excluding hydrogens is 228 g/mol. The SMILES string of the molecule is CC(=O)c1[nH]nc(-c2cc(C)cc(C)c2)c1CO. The fourth-order valence-electron chi connectivity index (χ4n) is 2.16. The highest BCUT2D eigenvalue weighted by Crippen LogP contribution is 2.26. The van der Waals surface area contributed by atoms with Gasteiger partial charge in [-0.15, -0.1) is 0 Å². The summed E-state index contributed by atoms with van der Waals surface area (Å²) in [6.07, 6.45) is 0. The largest absolute Gasteiger partial charge is 0.392 e. The number of benzene rings is 1. The lowest BCUT2D eigenvalue weighted by Crippen LogP contribution is -1.98. The molecule has 2 rings (SSSR count). The average Bonchev–Trinajstić information content (AvgIpc) is 2.70. The van der Waals surface area contributed by atoms with Crippen LogP contribution in [0.1, 0.15) is 34.1 Å². The van der Waals surface area contributed by atoms with Crippen molar-refractivity contribution >= 4 is 5.78 Å². The molecule has 2 N–H and O–H groups in total. The van der Waals surface area contributed by atoms with E-state index >= 15 is 0 Å². The zero-order valence-corrected chi connectivity index (χ0v) is 10.7. The van der Waals surface area contributed by atoms with E-state index in [9.17, 15) is 9.90 Å². The summed E-state index contributed by atoms with van der Waals surface area (Å²) in [7, 11) is 0. The monoisotopic (exact) mass is 244 g/mol. The second-order valence-electron chi connectivity index (χ2n) is 4.52. The second kappa shape index (κ2) is 4.74. The summed E-state index contributed by atoms with van der Waals surface area (Å²) >= 11 is 0. The maximum atomic E-state index is 11.4. The molecule has 1 aromatic carbocycles. The summed E-state index contributed by atoms with van der Waals surface area (Å²) < 4.78 is 0. The third-order valence-corrected chi connectivity index (χ3v) is 2.87. The predicted molar refractivity (Wildman–Crippen MR) is 69.4 cm³/mol. The summed E-state index contributed by atoms with van der Waals surface area (Å²) in [5.41, 5.74) is 4.76. The number of H-pyrrole nitrogens is 1. The van der Waals surface area contributed by atoms with E-state index in [1.165, 1.54) is 6.92 Å². The van der Waals surface area contributed by atoms with E-state index in [1.54, 1.807) is 0 Å². The predicted octanol–water partition coefficient (Wildman–Crippen LogP) is 2.39. The Labute approximate surface area is 106 Å². The molecule has 0 amide bonds. The van der Waals surface area contributed by atoms with Crippen molar-refractivity contribution in [2.24, 2.45) is 0 Å². The number of Topliss-reactive ketones (excluding diaryl/α,β-unsaturated/α-hetero) is 1. The number of aromatic amines is 1. The van der Waals surface area contributed by atoms with Gasteiger partial charge >= 0.3 is 0 Å². The van der Waals surface area contributed by atoms with Crippen LogP contribution in [0.15, 0.2) is 18.2 Å². The Morgan fingerprint density at radius 1 is 1.28 bits per heavy atom. The Kier molecular flexibility index (Phi) is 3.30. The number of carbonyl (C=O) groups is 1. The lowest BCUT2D eigenvalue weighted by Gasteiger charge is -2.04. The van der Waals surface area contributed by atoms with Gasteiger partial charge in [0.15, 0.2) is 5.78 Å². The van der Waals surface area contributed by atoms with Crippen LogP contribution in [0.2, 0.25) is 0 Å². The van der Waals surface area contributed by atoms with E-state index in [0.29, 0.717) is 17.0 Å². The molecule has 94 valence electrons. The van der Waals surface area contributed by atoms with Crippen LogP contribution < -0.4 is 0 Å². The van der Waals surface area contributed by atoms with Gasteiger partial charge in [0.25, 0.3) is 0 Å². The molecule has 0 fully saturated rings. The van der Waals surface area contributed by atoms with Crippen LogP contribution in [0.4, 0.5) is 0 Å². The molecule has 1 heterocycles. The van der Waals surface area contributed by atoms with Crippen molar-refractivity contribution in [1.82, 2.24) is 10.2 Å². The first-order valence-corrected chi connectivity index (χ1v) is 5.80.